The molecule has 0 heterocycles. The number of carbonyl (C=O) groups is 2. The number of aliphatic hydroxyl groups is 4. The van der Waals surface area contributed by atoms with Crippen LogP contribution < -0.4 is 0 Å². The number of allylic oxidation sites excluding steroid dienone is 6. The van der Waals surface area contributed by atoms with Gasteiger partial charge in [0.25, 0.3) is 0 Å². The minimum absolute atomic E-state index is 0.0322. The maximum atomic E-state index is 12.2. The Morgan fingerprint density at radius 3 is 1.48 bits per heavy atom. The Hall–Kier alpha value is -2.26. The minimum atomic E-state index is -1.08. The number of ether oxygens (including phenoxy) is 2. The molecular formula is C44H78O8. The number of hydrogen-bond donors (Lipinski definition) is 4. The molecule has 302 valence electrons. The Kier molecular flexibility index (Phi) is 36.8. The summed E-state index contributed by atoms with van der Waals surface area (Å²) >= 11 is 0. The van der Waals surface area contributed by atoms with Gasteiger partial charge >= 0.3 is 11.9 Å². The summed E-state index contributed by atoms with van der Waals surface area (Å²) in [5.41, 5.74) is 0. The highest BCUT2D eigenvalue weighted by atomic mass is 16.6. The fourth-order valence-electron chi connectivity index (χ4n) is 5.88. The predicted molar refractivity (Wildman–Crippen MR) is 214 cm³/mol. The molecular weight excluding hydrogens is 656 g/mol. The molecule has 0 amide bonds. The van der Waals surface area contributed by atoms with Gasteiger partial charge in [-0.3, -0.25) is 9.59 Å². The van der Waals surface area contributed by atoms with Crippen molar-refractivity contribution in [3.05, 3.63) is 48.6 Å². The first-order valence-electron chi connectivity index (χ1n) is 21.0. The third-order valence-electron chi connectivity index (χ3n) is 9.24. The van der Waals surface area contributed by atoms with Gasteiger partial charge in [0.15, 0.2) is 6.10 Å². The van der Waals surface area contributed by atoms with E-state index >= 15 is 0 Å². The van der Waals surface area contributed by atoms with Crippen LogP contribution in [0.25, 0.3) is 0 Å². The van der Waals surface area contributed by atoms with Crippen molar-refractivity contribution in [2.24, 2.45) is 0 Å². The lowest BCUT2D eigenvalue weighted by atomic mass is 10.0. The van der Waals surface area contributed by atoms with Crippen LogP contribution in [0.4, 0.5) is 0 Å². The second-order valence-electron chi connectivity index (χ2n) is 14.3. The molecule has 52 heavy (non-hydrogen) atoms. The molecule has 0 aromatic carbocycles. The van der Waals surface area contributed by atoms with E-state index in [1.54, 1.807) is 36.5 Å². The molecule has 0 radical (unpaired) electrons. The molecule has 0 fully saturated rings. The lowest BCUT2D eigenvalue weighted by Crippen LogP contribution is -2.28. The highest BCUT2D eigenvalue weighted by molar-refractivity contribution is 5.70. The van der Waals surface area contributed by atoms with E-state index < -0.39 is 43.0 Å². The molecule has 0 unspecified atom stereocenters. The van der Waals surface area contributed by atoms with Crippen molar-refractivity contribution >= 4 is 11.9 Å². The number of esters is 2. The van der Waals surface area contributed by atoms with Crippen LogP contribution in [0.15, 0.2) is 48.6 Å². The van der Waals surface area contributed by atoms with E-state index in [0.29, 0.717) is 6.42 Å². The summed E-state index contributed by atoms with van der Waals surface area (Å²) in [6.07, 6.45) is 38.3. The summed E-state index contributed by atoms with van der Waals surface area (Å²) in [6.45, 7) is 3.75. The van der Waals surface area contributed by atoms with Gasteiger partial charge in [0.05, 0.1) is 24.9 Å². The molecule has 0 aliphatic heterocycles. The summed E-state index contributed by atoms with van der Waals surface area (Å²) in [4.78, 5) is 24.3. The molecule has 0 spiro atoms. The van der Waals surface area contributed by atoms with Gasteiger partial charge < -0.3 is 29.9 Å². The lowest BCUT2D eigenvalue weighted by Gasteiger charge is -2.16. The average Bonchev–Trinajstić information content (AvgIpc) is 3.13. The predicted octanol–water partition coefficient (Wildman–Crippen LogP) is 9.92. The molecule has 8 nitrogen and oxygen atoms in total. The van der Waals surface area contributed by atoms with Crippen LogP contribution >= 0.6 is 0 Å². The van der Waals surface area contributed by atoms with Crippen molar-refractivity contribution < 1.29 is 39.5 Å². The Labute approximate surface area is 317 Å². The fourth-order valence-corrected chi connectivity index (χ4v) is 5.88. The summed E-state index contributed by atoms with van der Waals surface area (Å²) in [6, 6.07) is 0. The molecule has 0 aliphatic rings. The summed E-state index contributed by atoms with van der Waals surface area (Å²) in [7, 11) is 0. The Bertz CT molecular complexity index is 927. The summed E-state index contributed by atoms with van der Waals surface area (Å²) in [5, 5.41) is 39.7. The summed E-state index contributed by atoms with van der Waals surface area (Å²) in [5.74, 6) is -0.917. The van der Waals surface area contributed by atoms with Gasteiger partial charge in [-0.05, 0) is 25.7 Å². The molecule has 0 saturated heterocycles. The van der Waals surface area contributed by atoms with Crippen molar-refractivity contribution in [1.82, 2.24) is 0 Å². The van der Waals surface area contributed by atoms with Crippen LogP contribution in [0.5, 0.6) is 0 Å². The molecule has 0 bridgehead atoms. The molecule has 0 aliphatic carbocycles. The molecule has 8 heteroatoms. The average molecular weight is 735 g/mol. The van der Waals surface area contributed by atoms with Gasteiger partial charge in [-0.15, -0.1) is 0 Å². The van der Waals surface area contributed by atoms with Crippen LogP contribution in [0, 0.1) is 0 Å². The first-order chi connectivity index (χ1) is 25.3. The maximum Gasteiger partial charge on any atom is 0.306 e. The Morgan fingerprint density at radius 2 is 0.962 bits per heavy atom. The molecule has 0 rings (SSSR count). The number of carbonyl (C=O) groups excluding carboxylic acids is 2. The number of aliphatic hydroxyl groups excluding tert-OH is 4. The third-order valence-corrected chi connectivity index (χ3v) is 9.24. The fraction of sp³-hybridized carbons (Fsp3) is 0.773. The first-order valence-corrected chi connectivity index (χ1v) is 21.0. The topological polar surface area (TPSA) is 134 Å². The monoisotopic (exact) mass is 735 g/mol. The van der Waals surface area contributed by atoms with Crippen molar-refractivity contribution in [2.75, 3.05) is 13.2 Å². The van der Waals surface area contributed by atoms with Crippen molar-refractivity contribution in [1.29, 1.82) is 0 Å². The van der Waals surface area contributed by atoms with Crippen molar-refractivity contribution in [3.63, 3.8) is 0 Å². The quantitative estimate of drug-likeness (QED) is 0.0282. The van der Waals surface area contributed by atoms with Crippen LogP contribution in [0.3, 0.4) is 0 Å². The smallest absolute Gasteiger partial charge is 0.306 e. The zero-order valence-electron chi connectivity index (χ0n) is 33.1. The number of hydrogen-bond acceptors (Lipinski definition) is 8. The lowest BCUT2D eigenvalue weighted by molar-refractivity contribution is -0.161. The second kappa shape index (κ2) is 38.5. The van der Waals surface area contributed by atoms with Gasteiger partial charge in [0, 0.05) is 12.8 Å². The van der Waals surface area contributed by atoms with Gasteiger partial charge in [-0.1, -0.05) is 191 Å². The number of rotatable bonds is 37. The Morgan fingerprint density at radius 1 is 0.519 bits per heavy atom. The summed E-state index contributed by atoms with van der Waals surface area (Å²) < 4.78 is 10.5. The van der Waals surface area contributed by atoms with Gasteiger partial charge in [0.1, 0.15) is 6.61 Å². The van der Waals surface area contributed by atoms with E-state index in [1.807, 2.05) is 6.08 Å². The van der Waals surface area contributed by atoms with E-state index in [0.717, 1.165) is 44.9 Å². The van der Waals surface area contributed by atoms with Gasteiger partial charge in [0.2, 0.25) is 0 Å². The van der Waals surface area contributed by atoms with E-state index in [2.05, 4.69) is 13.8 Å². The first kappa shape index (κ1) is 49.7. The van der Waals surface area contributed by atoms with E-state index in [9.17, 15) is 30.0 Å². The maximum absolute atomic E-state index is 12.2. The molecule has 0 saturated carbocycles. The van der Waals surface area contributed by atoms with Crippen molar-refractivity contribution in [2.45, 2.75) is 205 Å². The zero-order chi connectivity index (χ0) is 38.3. The second-order valence-corrected chi connectivity index (χ2v) is 14.3. The third kappa shape index (κ3) is 34.8. The van der Waals surface area contributed by atoms with Gasteiger partial charge in [-0.25, -0.2) is 0 Å². The van der Waals surface area contributed by atoms with Crippen LogP contribution in [0.2, 0.25) is 0 Å². The van der Waals surface area contributed by atoms with Crippen LogP contribution in [-0.2, 0) is 19.1 Å². The van der Waals surface area contributed by atoms with Crippen molar-refractivity contribution in [3.8, 4) is 0 Å². The SMILES string of the molecule is CCCCCCCCCCCCCCCCCCCCC(=O)O[C@@H](CO)COC(=O)CCC[C@@H](O)[C@H](O)/C=C/C=C/C=C\C=C\[C@H](O)CCCCC. The van der Waals surface area contributed by atoms with Gasteiger partial charge in [-0.2, -0.15) is 0 Å². The molecule has 0 aromatic heterocycles. The van der Waals surface area contributed by atoms with E-state index in [1.165, 1.54) is 102 Å². The molecule has 4 atom stereocenters. The highest BCUT2D eigenvalue weighted by Crippen LogP contribution is 2.15. The highest BCUT2D eigenvalue weighted by Gasteiger charge is 2.17. The molecule has 4 N–H and O–H groups in total. The van der Waals surface area contributed by atoms with E-state index in [-0.39, 0.29) is 25.9 Å². The normalized spacial score (nSPS) is 14.5. The number of unbranched alkanes of at least 4 members (excludes halogenated alkanes) is 19. The standard InChI is InChI=1S/C44H78O8/c1-3-5-7-8-9-10-11-12-13-14-15-16-17-18-19-20-25-29-35-44(50)52-40(37-45)38-51-43(49)36-30-34-42(48)41(47)33-28-24-22-21-23-27-32-39(46)31-26-6-4-2/h21-24,27-28,32-33,39-42,45-48H,3-20,25-26,29-31,34-38H2,1-2H3/b23-21-,24-22+,32-27+,33-28+/t39-,40+,41-,42-/m1/s1. The zero-order valence-corrected chi connectivity index (χ0v) is 33.1. The molecule has 0 aromatic rings. The largest absolute Gasteiger partial charge is 0.462 e. The van der Waals surface area contributed by atoms with Crippen LogP contribution in [0.1, 0.15) is 181 Å². The minimum Gasteiger partial charge on any atom is -0.462 e. The Balaban J connectivity index is 3.84. The van der Waals surface area contributed by atoms with E-state index in [4.69, 9.17) is 9.47 Å². The van der Waals surface area contributed by atoms with Crippen LogP contribution in [-0.4, -0.2) is 70.0 Å².